The summed E-state index contributed by atoms with van der Waals surface area (Å²) in [6.07, 6.45) is 0. The minimum atomic E-state index is 0.944. The van der Waals surface area contributed by atoms with Gasteiger partial charge in [0.05, 0.1) is 0 Å². The minimum Gasteiger partial charge on any atom is -0.456 e. The van der Waals surface area contributed by atoms with Crippen molar-refractivity contribution in [2.24, 2.45) is 0 Å². The van der Waals surface area contributed by atoms with E-state index in [0.29, 0.717) is 0 Å². The molecule has 1 heterocycles. The summed E-state index contributed by atoms with van der Waals surface area (Å²) < 4.78 is 6.25. The third kappa shape index (κ3) is 3.76. The van der Waals surface area contributed by atoms with Crippen LogP contribution in [-0.2, 0) is 0 Å². The van der Waals surface area contributed by atoms with E-state index in [1.165, 1.54) is 98.0 Å². The predicted molar refractivity (Wildman–Crippen MR) is 209 cm³/mol. The van der Waals surface area contributed by atoms with E-state index in [-0.39, 0.29) is 0 Å². The molecule has 0 saturated heterocycles. The Kier molecular flexibility index (Phi) is 5.45. The Balaban J connectivity index is 1.14. The van der Waals surface area contributed by atoms with E-state index >= 15 is 0 Å². The largest absolute Gasteiger partial charge is 0.456 e. The molecule has 0 atom stereocenters. The van der Waals surface area contributed by atoms with Gasteiger partial charge >= 0.3 is 0 Å². The average molecular weight is 621 g/mol. The molecule has 0 amide bonds. The van der Waals surface area contributed by atoms with Gasteiger partial charge < -0.3 is 4.42 Å². The summed E-state index contributed by atoms with van der Waals surface area (Å²) in [4.78, 5) is 0. The standard InChI is InChI=1S/C48H28O/c1-2-12-33-32(10-1)28-42(36-14-4-3-13-35(33)36)47-39-17-7-5-15-37(39)45(38-16-6-8-18-40(38)47)31-22-20-29(21-23-31)34-26-27-44-48-41(34)25-24-30-11-9-19-43(49-44)46(30)48/h1-28H. The van der Waals surface area contributed by atoms with Gasteiger partial charge in [0.1, 0.15) is 11.2 Å². The molecule has 49 heavy (non-hydrogen) atoms. The van der Waals surface area contributed by atoms with Gasteiger partial charge in [0.15, 0.2) is 0 Å². The molecule has 1 heteroatoms. The zero-order valence-electron chi connectivity index (χ0n) is 26.6. The van der Waals surface area contributed by atoms with Gasteiger partial charge in [0.2, 0.25) is 0 Å². The van der Waals surface area contributed by atoms with Crippen LogP contribution in [0, 0.1) is 0 Å². The van der Waals surface area contributed by atoms with E-state index in [0.717, 1.165) is 11.2 Å². The molecular formula is C48H28O. The maximum absolute atomic E-state index is 6.25. The van der Waals surface area contributed by atoms with Crippen LogP contribution in [0.15, 0.2) is 174 Å². The SMILES string of the molecule is c1ccc2c(c1)cc(-c1c3ccccc3c(-c3ccc(-c4ccc5oc6cccc7ccc4c5c76)cc3)c3ccccc13)c1ccccc12. The van der Waals surface area contributed by atoms with Gasteiger partial charge in [-0.05, 0) is 105 Å². The van der Waals surface area contributed by atoms with Crippen LogP contribution in [0.2, 0.25) is 0 Å². The number of benzene rings is 10. The molecule has 0 aliphatic carbocycles. The van der Waals surface area contributed by atoms with Crippen LogP contribution in [0.5, 0.6) is 0 Å². The van der Waals surface area contributed by atoms with Crippen LogP contribution < -0.4 is 0 Å². The van der Waals surface area contributed by atoms with Crippen molar-refractivity contribution in [3.8, 4) is 33.4 Å². The highest BCUT2D eigenvalue weighted by Crippen LogP contribution is 2.47. The quantitative estimate of drug-likeness (QED) is 0.141. The van der Waals surface area contributed by atoms with Crippen molar-refractivity contribution >= 4 is 75.8 Å². The lowest BCUT2D eigenvalue weighted by molar-refractivity contribution is 0.669. The van der Waals surface area contributed by atoms with Crippen LogP contribution in [-0.4, -0.2) is 0 Å². The summed E-state index contributed by atoms with van der Waals surface area (Å²) in [6.45, 7) is 0. The maximum atomic E-state index is 6.25. The zero-order valence-corrected chi connectivity index (χ0v) is 26.6. The van der Waals surface area contributed by atoms with Crippen molar-refractivity contribution in [2.45, 2.75) is 0 Å². The number of rotatable bonds is 3. The van der Waals surface area contributed by atoms with Crippen LogP contribution >= 0.6 is 0 Å². The first-order valence-electron chi connectivity index (χ1n) is 16.9. The first kappa shape index (κ1) is 26.6. The molecule has 0 bridgehead atoms. The lowest BCUT2D eigenvalue weighted by Gasteiger charge is -2.19. The molecule has 0 spiro atoms. The van der Waals surface area contributed by atoms with Gasteiger partial charge in [-0.1, -0.05) is 152 Å². The normalized spacial score (nSPS) is 12.1. The van der Waals surface area contributed by atoms with Crippen molar-refractivity contribution in [3.63, 3.8) is 0 Å². The van der Waals surface area contributed by atoms with E-state index in [4.69, 9.17) is 4.42 Å². The summed E-state index contributed by atoms with van der Waals surface area (Å²) in [5.41, 5.74) is 9.37. The molecule has 1 nitrogen and oxygen atoms in total. The van der Waals surface area contributed by atoms with Gasteiger partial charge in [-0.25, -0.2) is 0 Å². The van der Waals surface area contributed by atoms with Gasteiger partial charge in [-0.2, -0.15) is 0 Å². The summed E-state index contributed by atoms with van der Waals surface area (Å²) in [5.74, 6) is 0. The first-order valence-corrected chi connectivity index (χ1v) is 16.9. The van der Waals surface area contributed by atoms with E-state index in [1.54, 1.807) is 0 Å². The fraction of sp³-hybridized carbons (Fsp3) is 0. The second-order valence-corrected chi connectivity index (χ2v) is 13.2. The summed E-state index contributed by atoms with van der Waals surface area (Å²) in [5, 5.41) is 15.0. The Morgan fingerprint density at radius 1 is 0.286 bits per heavy atom. The molecule has 0 saturated carbocycles. The Morgan fingerprint density at radius 3 is 1.59 bits per heavy atom. The van der Waals surface area contributed by atoms with Crippen molar-refractivity contribution < 1.29 is 4.42 Å². The number of hydrogen-bond donors (Lipinski definition) is 0. The van der Waals surface area contributed by atoms with Gasteiger partial charge in [0, 0.05) is 10.8 Å². The van der Waals surface area contributed by atoms with Gasteiger partial charge in [-0.3, -0.25) is 0 Å². The Labute approximate surface area is 282 Å². The van der Waals surface area contributed by atoms with Gasteiger partial charge in [0.25, 0.3) is 0 Å². The number of fused-ring (bicyclic) bond motifs is 5. The maximum Gasteiger partial charge on any atom is 0.136 e. The lowest BCUT2D eigenvalue weighted by atomic mass is 9.83. The van der Waals surface area contributed by atoms with Crippen molar-refractivity contribution in [1.82, 2.24) is 0 Å². The van der Waals surface area contributed by atoms with Crippen LogP contribution in [0.25, 0.3) is 109 Å². The Morgan fingerprint density at radius 2 is 0.857 bits per heavy atom. The zero-order chi connectivity index (χ0) is 32.1. The van der Waals surface area contributed by atoms with Gasteiger partial charge in [-0.15, -0.1) is 0 Å². The van der Waals surface area contributed by atoms with Crippen LogP contribution in [0.1, 0.15) is 0 Å². The van der Waals surface area contributed by atoms with Crippen molar-refractivity contribution in [2.75, 3.05) is 0 Å². The molecule has 226 valence electrons. The lowest BCUT2D eigenvalue weighted by Crippen LogP contribution is -1.92. The smallest absolute Gasteiger partial charge is 0.136 e. The highest BCUT2D eigenvalue weighted by molar-refractivity contribution is 6.26. The molecule has 0 unspecified atom stereocenters. The summed E-state index contributed by atoms with van der Waals surface area (Å²) >= 11 is 0. The second-order valence-electron chi connectivity index (χ2n) is 13.2. The monoisotopic (exact) mass is 620 g/mol. The summed E-state index contributed by atoms with van der Waals surface area (Å²) in [6, 6.07) is 62.2. The van der Waals surface area contributed by atoms with E-state index < -0.39 is 0 Å². The second kappa shape index (κ2) is 10.0. The minimum absolute atomic E-state index is 0.944. The predicted octanol–water partition coefficient (Wildman–Crippen LogP) is 13.8. The number of hydrogen-bond acceptors (Lipinski definition) is 1. The van der Waals surface area contributed by atoms with Crippen molar-refractivity contribution in [3.05, 3.63) is 170 Å². The molecule has 11 aromatic rings. The highest BCUT2D eigenvalue weighted by Gasteiger charge is 2.20. The summed E-state index contributed by atoms with van der Waals surface area (Å²) in [7, 11) is 0. The van der Waals surface area contributed by atoms with E-state index in [2.05, 4.69) is 170 Å². The fourth-order valence-corrected chi connectivity index (χ4v) is 8.51. The number of furan rings is 1. The van der Waals surface area contributed by atoms with Crippen LogP contribution in [0.3, 0.4) is 0 Å². The van der Waals surface area contributed by atoms with Crippen molar-refractivity contribution in [1.29, 1.82) is 0 Å². The molecule has 10 aromatic carbocycles. The molecule has 1 aromatic heterocycles. The molecule has 0 aliphatic rings. The topological polar surface area (TPSA) is 13.1 Å². The molecule has 0 N–H and O–H groups in total. The third-order valence-corrected chi connectivity index (χ3v) is 10.6. The molecule has 11 rings (SSSR count). The van der Waals surface area contributed by atoms with E-state index in [1.807, 2.05) is 0 Å². The molecule has 0 radical (unpaired) electrons. The molecular weight excluding hydrogens is 593 g/mol. The first-order chi connectivity index (χ1) is 24.3. The molecule has 0 fully saturated rings. The average Bonchev–Trinajstić information content (AvgIpc) is 3.56. The fourth-order valence-electron chi connectivity index (χ4n) is 8.51. The van der Waals surface area contributed by atoms with E-state index in [9.17, 15) is 0 Å². The Hall–Kier alpha value is -6.44. The highest BCUT2D eigenvalue weighted by atomic mass is 16.3. The van der Waals surface area contributed by atoms with Crippen LogP contribution in [0.4, 0.5) is 0 Å². The third-order valence-electron chi connectivity index (χ3n) is 10.6. The molecule has 0 aliphatic heterocycles. The Bertz CT molecular complexity index is 3030.